The summed E-state index contributed by atoms with van der Waals surface area (Å²) in [7, 11) is 0. The molecule has 1 aromatic carbocycles. The van der Waals surface area contributed by atoms with E-state index in [0.29, 0.717) is 22.3 Å². The first kappa shape index (κ1) is 13.9. The van der Waals surface area contributed by atoms with Gasteiger partial charge in [0.25, 0.3) is 0 Å². The summed E-state index contributed by atoms with van der Waals surface area (Å²) in [6, 6.07) is 4.75. The molecule has 2 atom stereocenters. The summed E-state index contributed by atoms with van der Waals surface area (Å²) in [5.41, 5.74) is 0.467. The molecule has 106 valence electrons. The Balaban J connectivity index is 1.87. The molecule has 3 rings (SSSR count). The Bertz CT molecular complexity index is 570. The fourth-order valence-electron chi connectivity index (χ4n) is 2.76. The maximum Gasteiger partial charge on any atom is 0.240 e. The predicted octanol–water partition coefficient (Wildman–Crippen LogP) is 3.05. The van der Waals surface area contributed by atoms with Gasteiger partial charge >= 0.3 is 0 Å². The lowest BCUT2D eigenvalue weighted by Crippen LogP contribution is -2.33. The number of halogens is 2. The fourth-order valence-corrected chi connectivity index (χ4v) is 3.05. The molecule has 0 radical (unpaired) electrons. The SMILES string of the molecule is O=C1C[C@@H]([C@H]2CCCO2)C(=O)N1c1ccc(Cl)c(Cl)c1. The summed E-state index contributed by atoms with van der Waals surface area (Å²) in [6.07, 6.45) is 1.83. The monoisotopic (exact) mass is 313 g/mol. The third-order valence-corrected chi connectivity index (χ3v) is 4.50. The molecule has 2 heterocycles. The van der Waals surface area contributed by atoms with E-state index in [1.807, 2.05) is 0 Å². The molecule has 2 amide bonds. The van der Waals surface area contributed by atoms with Crippen molar-refractivity contribution in [1.29, 1.82) is 0 Å². The van der Waals surface area contributed by atoms with Gasteiger partial charge in [0.1, 0.15) is 0 Å². The first-order valence-corrected chi connectivity index (χ1v) is 7.27. The quantitative estimate of drug-likeness (QED) is 0.788. The van der Waals surface area contributed by atoms with E-state index in [9.17, 15) is 9.59 Å². The normalized spacial score (nSPS) is 26.6. The maximum atomic E-state index is 12.4. The Morgan fingerprint density at radius 3 is 2.65 bits per heavy atom. The summed E-state index contributed by atoms with van der Waals surface area (Å²) >= 11 is 11.8. The molecule has 0 bridgehead atoms. The van der Waals surface area contributed by atoms with Gasteiger partial charge in [-0.25, -0.2) is 0 Å². The number of benzene rings is 1. The van der Waals surface area contributed by atoms with E-state index in [0.717, 1.165) is 12.8 Å². The van der Waals surface area contributed by atoms with Gasteiger partial charge in [0.2, 0.25) is 11.8 Å². The van der Waals surface area contributed by atoms with E-state index < -0.39 is 0 Å². The Labute approximate surface area is 126 Å². The van der Waals surface area contributed by atoms with Crippen molar-refractivity contribution in [1.82, 2.24) is 0 Å². The number of carbonyl (C=O) groups is 2. The zero-order chi connectivity index (χ0) is 14.3. The molecule has 0 spiro atoms. The molecule has 0 unspecified atom stereocenters. The summed E-state index contributed by atoms with van der Waals surface area (Å²) in [6.45, 7) is 0.662. The number of amides is 2. The van der Waals surface area contributed by atoms with Crippen LogP contribution >= 0.6 is 23.2 Å². The smallest absolute Gasteiger partial charge is 0.240 e. The molecule has 2 aliphatic rings. The van der Waals surface area contributed by atoms with Crippen LogP contribution in [0.4, 0.5) is 5.69 Å². The topological polar surface area (TPSA) is 46.6 Å². The van der Waals surface area contributed by atoms with Gasteiger partial charge in [-0.15, -0.1) is 0 Å². The molecule has 2 fully saturated rings. The van der Waals surface area contributed by atoms with Crippen molar-refractivity contribution in [2.24, 2.45) is 5.92 Å². The molecule has 1 aromatic rings. The highest BCUT2D eigenvalue weighted by molar-refractivity contribution is 6.42. The first-order valence-electron chi connectivity index (χ1n) is 6.51. The van der Waals surface area contributed by atoms with Gasteiger partial charge in [0, 0.05) is 13.0 Å². The van der Waals surface area contributed by atoms with Crippen molar-refractivity contribution in [2.45, 2.75) is 25.4 Å². The van der Waals surface area contributed by atoms with Gasteiger partial charge in [-0.3, -0.25) is 14.5 Å². The number of anilines is 1. The third-order valence-electron chi connectivity index (χ3n) is 3.76. The van der Waals surface area contributed by atoms with Gasteiger partial charge in [-0.2, -0.15) is 0 Å². The van der Waals surface area contributed by atoms with Crippen molar-refractivity contribution < 1.29 is 14.3 Å². The molecule has 0 aliphatic carbocycles. The number of hydrogen-bond donors (Lipinski definition) is 0. The van der Waals surface area contributed by atoms with Crippen LogP contribution in [-0.2, 0) is 14.3 Å². The van der Waals surface area contributed by atoms with Crippen LogP contribution in [0.3, 0.4) is 0 Å². The van der Waals surface area contributed by atoms with Gasteiger partial charge in [0.15, 0.2) is 0 Å². The second-order valence-electron chi connectivity index (χ2n) is 5.03. The molecule has 2 aliphatic heterocycles. The Morgan fingerprint density at radius 1 is 1.20 bits per heavy atom. The standard InChI is InChI=1S/C14H13Cl2NO3/c15-10-4-3-8(6-11(10)16)17-13(18)7-9(14(17)19)12-2-1-5-20-12/h3-4,6,9,12H,1-2,5,7H2/t9-,12+/m0/s1. The summed E-state index contributed by atoms with van der Waals surface area (Å²) in [5.74, 6) is -0.798. The summed E-state index contributed by atoms with van der Waals surface area (Å²) in [5, 5.41) is 0.718. The minimum Gasteiger partial charge on any atom is -0.377 e. The van der Waals surface area contributed by atoms with Crippen molar-refractivity contribution in [3.63, 3.8) is 0 Å². The number of ether oxygens (including phenoxy) is 1. The summed E-state index contributed by atoms with van der Waals surface area (Å²) < 4.78 is 5.54. The van der Waals surface area contributed by atoms with Crippen LogP contribution in [0.5, 0.6) is 0 Å². The molecule has 0 saturated carbocycles. The average Bonchev–Trinajstić information content (AvgIpc) is 3.02. The van der Waals surface area contributed by atoms with Crippen molar-refractivity contribution in [3.05, 3.63) is 28.2 Å². The molecule has 6 heteroatoms. The van der Waals surface area contributed by atoms with Gasteiger partial charge in [-0.1, -0.05) is 23.2 Å². The van der Waals surface area contributed by atoms with Crippen LogP contribution in [0.2, 0.25) is 10.0 Å². The maximum absolute atomic E-state index is 12.4. The van der Waals surface area contributed by atoms with E-state index in [1.165, 1.54) is 11.0 Å². The van der Waals surface area contributed by atoms with Crippen molar-refractivity contribution in [2.75, 3.05) is 11.5 Å². The fraction of sp³-hybridized carbons (Fsp3) is 0.429. The number of rotatable bonds is 2. The van der Waals surface area contributed by atoms with Gasteiger partial charge in [0.05, 0.1) is 27.8 Å². The van der Waals surface area contributed by atoms with E-state index in [2.05, 4.69) is 0 Å². The van der Waals surface area contributed by atoms with E-state index in [4.69, 9.17) is 27.9 Å². The zero-order valence-electron chi connectivity index (χ0n) is 10.6. The van der Waals surface area contributed by atoms with E-state index in [-0.39, 0.29) is 30.3 Å². The van der Waals surface area contributed by atoms with Crippen LogP contribution in [0.25, 0.3) is 0 Å². The average molecular weight is 314 g/mol. The lowest BCUT2D eigenvalue weighted by molar-refractivity contribution is -0.124. The lowest BCUT2D eigenvalue weighted by Gasteiger charge is -2.18. The predicted molar refractivity (Wildman–Crippen MR) is 76.0 cm³/mol. The van der Waals surface area contributed by atoms with E-state index in [1.54, 1.807) is 12.1 Å². The molecular formula is C14H13Cl2NO3. The van der Waals surface area contributed by atoms with E-state index >= 15 is 0 Å². The molecular weight excluding hydrogens is 301 g/mol. The number of nitrogens with zero attached hydrogens (tertiary/aromatic N) is 1. The minimum absolute atomic E-state index is 0.140. The molecule has 0 N–H and O–H groups in total. The number of hydrogen-bond acceptors (Lipinski definition) is 3. The second kappa shape index (κ2) is 5.35. The Morgan fingerprint density at radius 2 is 2.00 bits per heavy atom. The van der Waals surface area contributed by atoms with Gasteiger partial charge < -0.3 is 4.74 Å². The van der Waals surface area contributed by atoms with Crippen LogP contribution in [0, 0.1) is 5.92 Å². The van der Waals surface area contributed by atoms with Crippen LogP contribution in [-0.4, -0.2) is 24.5 Å². The molecule has 4 nitrogen and oxygen atoms in total. The van der Waals surface area contributed by atoms with Crippen LogP contribution in [0.1, 0.15) is 19.3 Å². The Hall–Kier alpha value is -1.10. The molecule has 20 heavy (non-hydrogen) atoms. The van der Waals surface area contributed by atoms with Crippen molar-refractivity contribution in [3.8, 4) is 0 Å². The number of imide groups is 1. The highest BCUT2D eigenvalue weighted by Gasteiger charge is 2.45. The lowest BCUT2D eigenvalue weighted by atomic mass is 9.98. The van der Waals surface area contributed by atoms with Crippen LogP contribution < -0.4 is 4.90 Å². The molecule has 0 aromatic heterocycles. The van der Waals surface area contributed by atoms with Crippen LogP contribution in [0.15, 0.2) is 18.2 Å². The second-order valence-corrected chi connectivity index (χ2v) is 5.84. The highest BCUT2D eigenvalue weighted by atomic mass is 35.5. The van der Waals surface area contributed by atoms with Gasteiger partial charge in [-0.05, 0) is 31.0 Å². The molecule has 2 saturated heterocycles. The Kier molecular flexibility index (Phi) is 3.71. The first-order chi connectivity index (χ1) is 9.58. The minimum atomic E-state index is -0.376. The third kappa shape index (κ3) is 2.32. The van der Waals surface area contributed by atoms with Crippen molar-refractivity contribution >= 4 is 40.7 Å². The summed E-state index contributed by atoms with van der Waals surface area (Å²) in [4.78, 5) is 25.8. The zero-order valence-corrected chi connectivity index (χ0v) is 12.2. The largest absolute Gasteiger partial charge is 0.377 e. The highest BCUT2D eigenvalue weighted by Crippen LogP contribution is 2.35. The number of carbonyl (C=O) groups excluding carboxylic acids is 2.